The van der Waals surface area contributed by atoms with Crippen molar-refractivity contribution in [2.45, 2.75) is 26.7 Å². The van der Waals surface area contributed by atoms with Gasteiger partial charge in [0.15, 0.2) is 18.1 Å². The van der Waals surface area contributed by atoms with Gasteiger partial charge < -0.3 is 14.2 Å². The maximum atomic E-state index is 12.2. The lowest BCUT2D eigenvalue weighted by Crippen LogP contribution is -2.24. The van der Waals surface area contributed by atoms with Crippen molar-refractivity contribution in [2.24, 2.45) is 5.10 Å². The van der Waals surface area contributed by atoms with Crippen molar-refractivity contribution >= 4 is 29.4 Å². The molecule has 1 heterocycles. The van der Waals surface area contributed by atoms with Crippen LogP contribution >= 0.6 is 11.3 Å². The van der Waals surface area contributed by atoms with E-state index in [0.29, 0.717) is 40.2 Å². The molecule has 33 heavy (non-hydrogen) atoms. The Morgan fingerprint density at radius 2 is 1.85 bits per heavy atom. The lowest BCUT2D eigenvalue weighted by molar-refractivity contribution is -0.123. The molecule has 0 bridgehead atoms. The standard InChI is InChI=1S/C25H26N2O5S/c1-4-30-22-14-18(7-12-21(22)32-25(29)23-6-5-13-33-23)15-26-27-24(28)16-31-20-10-8-19(9-11-20)17(2)3/h5-15,17H,4,16H2,1-3H3,(H,27,28). The van der Waals surface area contributed by atoms with Gasteiger partial charge in [0.1, 0.15) is 10.6 Å². The van der Waals surface area contributed by atoms with Crippen molar-refractivity contribution in [2.75, 3.05) is 13.2 Å². The minimum atomic E-state index is -0.446. The molecule has 0 spiro atoms. The number of nitrogens with zero attached hydrogens (tertiary/aromatic N) is 1. The van der Waals surface area contributed by atoms with Crippen LogP contribution in [0.4, 0.5) is 0 Å². The summed E-state index contributed by atoms with van der Waals surface area (Å²) in [4.78, 5) is 24.7. The molecule has 0 saturated heterocycles. The summed E-state index contributed by atoms with van der Waals surface area (Å²) in [6.07, 6.45) is 1.47. The summed E-state index contributed by atoms with van der Waals surface area (Å²) in [6, 6.07) is 16.1. The Morgan fingerprint density at radius 3 is 2.52 bits per heavy atom. The molecule has 0 aliphatic rings. The average molecular weight is 467 g/mol. The van der Waals surface area contributed by atoms with Crippen molar-refractivity contribution in [3.63, 3.8) is 0 Å². The zero-order valence-electron chi connectivity index (χ0n) is 18.7. The molecule has 0 saturated carbocycles. The fourth-order valence-electron chi connectivity index (χ4n) is 2.81. The number of ether oxygens (including phenoxy) is 3. The van der Waals surface area contributed by atoms with Crippen molar-refractivity contribution < 1.29 is 23.8 Å². The van der Waals surface area contributed by atoms with Crippen LogP contribution in [-0.4, -0.2) is 31.3 Å². The van der Waals surface area contributed by atoms with Crippen LogP contribution in [0.2, 0.25) is 0 Å². The highest BCUT2D eigenvalue weighted by atomic mass is 32.1. The number of nitrogens with one attached hydrogen (secondary N) is 1. The third kappa shape index (κ3) is 7.18. The van der Waals surface area contributed by atoms with Gasteiger partial charge in [-0.05, 0) is 65.7 Å². The SMILES string of the molecule is CCOc1cc(C=NNC(=O)COc2ccc(C(C)C)cc2)ccc1OC(=O)c1cccs1. The second-order valence-corrected chi connectivity index (χ2v) is 8.26. The normalized spacial score (nSPS) is 10.9. The van der Waals surface area contributed by atoms with Crippen LogP contribution in [0.5, 0.6) is 17.2 Å². The van der Waals surface area contributed by atoms with Crippen LogP contribution in [0, 0.1) is 0 Å². The summed E-state index contributed by atoms with van der Waals surface area (Å²) in [7, 11) is 0. The van der Waals surface area contributed by atoms with Gasteiger partial charge in [0, 0.05) is 0 Å². The van der Waals surface area contributed by atoms with Gasteiger partial charge >= 0.3 is 5.97 Å². The molecule has 2 aromatic carbocycles. The number of hydrogen-bond donors (Lipinski definition) is 1. The van der Waals surface area contributed by atoms with Crippen molar-refractivity contribution in [3.8, 4) is 17.2 Å². The van der Waals surface area contributed by atoms with Crippen molar-refractivity contribution in [1.29, 1.82) is 0 Å². The van der Waals surface area contributed by atoms with Gasteiger partial charge in [-0.15, -0.1) is 11.3 Å². The van der Waals surface area contributed by atoms with E-state index in [1.54, 1.807) is 35.7 Å². The Balaban J connectivity index is 1.54. The first-order valence-corrected chi connectivity index (χ1v) is 11.4. The minimum Gasteiger partial charge on any atom is -0.490 e. The van der Waals surface area contributed by atoms with E-state index in [-0.39, 0.29) is 12.5 Å². The number of benzene rings is 2. The molecule has 0 aliphatic heterocycles. The zero-order valence-corrected chi connectivity index (χ0v) is 19.6. The van der Waals surface area contributed by atoms with Crippen LogP contribution < -0.4 is 19.6 Å². The first-order valence-electron chi connectivity index (χ1n) is 10.5. The summed E-state index contributed by atoms with van der Waals surface area (Å²) in [5, 5.41) is 5.76. The summed E-state index contributed by atoms with van der Waals surface area (Å²) >= 11 is 1.30. The monoisotopic (exact) mass is 466 g/mol. The smallest absolute Gasteiger partial charge is 0.353 e. The van der Waals surface area contributed by atoms with Crippen LogP contribution in [0.25, 0.3) is 0 Å². The van der Waals surface area contributed by atoms with E-state index in [0.717, 1.165) is 0 Å². The van der Waals surface area contributed by atoms with Gasteiger partial charge in [-0.1, -0.05) is 32.0 Å². The summed E-state index contributed by atoms with van der Waals surface area (Å²) in [5.74, 6) is 0.943. The van der Waals surface area contributed by atoms with Crippen LogP contribution in [0.15, 0.2) is 65.1 Å². The lowest BCUT2D eigenvalue weighted by atomic mass is 10.0. The minimum absolute atomic E-state index is 0.153. The van der Waals surface area contributed by atoms with Gasteiger partial charge in [-0.25, -0.2) is 10.2 Å². The second kappa shape index (κ2) is 11.8. The fourth-order valence-corrected chi connectivity index (χ4v) is 3.41. The molecular weight excluding hydrogens is 440 g/mol. The zero-order chi connectivity index (χ0) is 23.6. The summed E-state index contributed by atoms with van der Waals surface area (Å²) in [6.45, 7) is 6.31. The van der Waals surface area contributed by atoms with E-state index in [4.69, 9.17) is 14.2 Å². The predicted molar refractivity (Wildman–Crippen MR) is 129 cm³/mol. The maximum absolute atomic E-state index is 12.2. The van der Waals surface area contributed by atoms with E-state index >= 15 is 0 Å². The number of amides is 1. The molecule has 172 valence electrons. The first-order chi connectivity index (χ1) is 16.0. The molecule has 3 rings (SSSR count). The number of hydrogen-bond acceptors (Lipinski definition) is 7. The Labute approximate surface area is 197 Å². The number of esters is 1. The quantitative estimate of drug-likeness (QED) is 0.196. The van der Waals surface area contributed by atoms with E-state index in [1.165, 1.54) is 23.1 Å². The molecule has 0 fully saturated rings. The Hall–Kier alpha value is -3.65. The molecule has 1 N–H and O–H groups in total. The van der Waals surface area contributed by atoms with Gasteiger partial charge in [0.25, 0.3) is 5.91 Å². The largest absolute Gasteiger partial charge is 0.490 e. The Kier molecular flexibility index (Phi) is 8.60. The van der Waals surface area contributed by atoms with Gasteiger partial charge in [-0.2, -0.15) is 5.10 Å². The topological polar surface area (TPSA) is 86.2 Å². The van der Waals surface area contributed by atoms with Gasteiger partial charge in [-0.3, -0.25) is 4.79 Å². The number of rotatable bonds is 10. The van der Waals surface area contributed by atoms with Crippen LogP contribution in [0.3, 0.4) is 0 Å². The van der Waals surface area contributed by atoms with E-state index < -0.39 is 5.97 Å². The average Bonchev–Trinajstić information content (AvgIpc) is 3.35. The third-order valence-electron chi connectivity index (χ3n) is 4.51. The van der Waals surface area contributed by atoms with E-state index in [9.17, 15) is 9.59 Å². The van der Waals surface area contributed by atoms with Crippen molar-refractivity contribution in [1.82, 2.24) is 5.43 Å². The molecule has 8 heteroatoms. The van der Waals surface area contributed by atoms with E-state index in [2.05, 4.69) is 24.4 Å². The highest BCUT2D eigenvalue weighted by Crippen LogP contribution is 2.29. The summed E-state index contributed by atoms with van der Waals surface area (Å²) < 4.78 is 16.5. The molecule has 1 aromatic heterocycles. The molecule has 0 radical (unpaired) electrons. The number of hydrazone groups is 1. The lowest BCUT2D eigenvalue weighted by Gasteiger charge is -2.11. The maximum Gasteiger partial charge on any atom is 0.353 e. The number of carbonyl (C=O) groups is 2. The van der Waals surface area contributed by atoms with Gasteiger partial charge in [0.2, 0.25) is 0 Å². The second-order valence-electron chi connectivity index (χ2n) is 7.31. The highest BCUT2D eigenvalue weighted by Gasteiger charge is 2.14. The first kappa shape index (κ1) is 24.0. The number of carbonyl (C=O) groups excluding carboxylic acids is 2. The predicted octanol–water partition coefficient (Wildman–Crippen LogP) is 5.02. The van der Waals surface area contributed by atoms with Crippen molar-refractivity contribution in [3.05, 3.63) is 76.0 Å². The Morgan fingerprint density at radius 1 is 1.06 bits per heavy atom. The summed E-state index contributed by atoms with van der Waals surface area (Å²) in [5.41, 5.74) is 4.30. The van der Waals surface area contributed by atoms with E-state index in [1.807, 2.05) is 31.2 Å². The molecule has 0 unspecified atom stereocenters. The molecular formula is C25H26N2O5S. The van der Waals surface area contributed by atoms with Crippen LogP contribution in [0.1, 0.15) is 47.5 Å². The Bertz CT molecular complexity index is 1090. The van der Waals surface area contributed by atoms with Gasteiger partial charge in [0.05, 0.1) is 12.8 Å². The molecule has 0 atom stereocenters. The van der Waals surface area contributed by atoms with Crippen LogP contribution in [-0.2, 0) is 4.79 Å². The molecule has 3 aromatic rings. The third-order valence-corrected chi connectivity index (χ3v) is 5.36. The molecule has 7 nitrogen and oxygen atoms in total. The highest BCUT2D eigenvalue weighted by molar-refractivity contribution is 7.12. The number of thiophene rings is 1. The fraction of sp³-hybridized carbons (Fsp3) is 0.240. The molecule has 0 aliphatic carbocycles. The molecule has 1 amide bonds.